The zero-order valence-corrected chi connectivity index (χ0v) is 11.9. The average Bonchev–Trinajstić information content (AvgIpc) is 2.66. The van der Waals surface area contributed by atoms with E-state index in [9.17, 15) is 4.39 Å². The van der Waals surface area contributed by atoms with E-state index < -0.39 is 0 Å². The lowest BCUT2D eigenvalue weighted by atomic mass is 10.1. The van der Waals surface area contributed by atoms with Crippen LogP contribution in [-0.4, -0.2) is 15.8 Å². The maximum atomic E-state index is 13.4. The molecule has 0 atom stereocenters. The number of hydrogen-bond acceptors (Lipinski definition) is 2. The summed E-state index contributed by atoms with van der Waals surface area (Å²) in [6, 6.07) is 7.21. The van der Waals surface area contributed by atoms with Gasteiger partial charge in [-0.25, -0.2) is 9.07 Å². The van der Waals surface area contributed by atoms with Crippen LogP contribution in [0.2, 0.25) is 0 Å². The van der Waals surface area contributed by atoms with Crippen LogP contribution in [0.5, 0.6) is 0 Å². The Hall–Kier alpha value is -1.68. The predicted octanol–water partition coefficient (Wildman–Crippen LogP) is 3.13. The van der Waals surface area contributed by atoms with Gasteiger partial charge in [0.1, 0.15) is 5.82 Å². The fourth-order valence-electron chi connectivity index (χ4n) is 2.09. The lowest BCUT2D eigenvalue weighted by Crippen LogP contribution is -2.23. The highest BCUT2D eigenvalue weighted by atomic mass is 19.1. The van der Waals surface area contributed by atoms with Gasteiger partial charge in [-0.1, -0.05) is 13.8 Å². The van der Waals surface area contributed by atoms with E-state index in [4.69, 9.17) is 0 Å². The molecule has 0 fully saturated rings. The highest BCUT2D eigenvalue weighted by molar-refractivity contribution is 5.42. The lowest BCUT2D eigenvalue weighted by molar-refractivity contribution is 0.578. The van der Waals surface area contributed by atoms with Gasteiger partial charge in [0.15, 0.2) is 0 Å². The maximum absolute atomic E-state index is 13.4. The van der Waals surface area contributed by atoms with E-state index in [2.05, 4.69) is 24.3 Å². The van der Waals surface area contributed by atoms with Crippen LogP contribution in [0.4, 0.5) is 4.39 Å². The van der Waals surface area contributed by atoms with Gasteiger partial charge in [-0.2, -0.15) is 5.10 Å². The number of aryl methyl sites for hydroxylation is 2. The van der Waals surface area contributed by atoms with Gasteiger partial charge in [0, 0.05) is 18.3 Å². The van der Waals surface area contributed by atoms with Gasteiger partial charge < -0.3 is 5.32 Å². The Morgan fingerprint density at radius 2 is 2.00 bits per heavy atom. The third kappa shape index (κ3) is 3.20. The van der Waals surface area contributed by atoms with E-state index in [1.165, 1.54) is 6.07 Å². The molecule has 0 saturated heterocycles. The van der Waals surface area contributed by atoms with Crippen molar-refractivity contribution in [2.45, 2.75) is 40.3 Å². The summed E-state index contributed by atoms with van der Waals surface area (Å²) in [6.45, 7) is 8.73. The molecule has 1 aromatic heterocycles. The molecule has 1 N–H and O–H groups in total. The number of hydrogen-bond donors (Lipinski definition) is 1. The first kappa shape index (κ1) is 13.7. The van der Waals surface area contributed by atoms with Crippen LogP contribution in [0, 0.1) is 19.7 Å². The third-order valence-corrected chi connectivity index (χ3v) is 2.98. The second-order valence-electron chi connectivity index (χ2n) is 5.15. The van der Waals surface area contributed by atoms with E-state index in [0.717, 1.165) is 22.6 Å². The molecule has 19 heavy (non-hydrogen) atoms. The lowest BCUT2D eigenvalue weighted by Gasteiger charge is -2.14. The molecule has 1 heterocycles. The smallest absolute Gasteiger partial charge is 0.123 e. The number of rotatable bonds is 4. The Kier molecular flexibility index (Phi) is 4.00. The van der Waals surface area contributed by atoms with E-state index in [-0.39, 0.29) is 5.82 Å². The highest BCUT2D eigenvalue weighted by Gasteiger charge is 2.10. The molecule has 0 aliphatic heterocycles. The summed E-state index contributed by atoms with van der Waals surface area (Å²) in [5.74, 6) is -0.217. The topological polar surface area (TPSA) is 29.9 Å². The second-order valence-corrected chi connectivity index (χ2v) is 5.15. The Morgan fingerprint density at radius 3 is 2.58 bits per heavy atom. The number of nitrogens with zero attached hydrogens (tertiary/aromatic N) is 2. The Balaban J connectivity index is 2.41. The zero-order chi connectivity index (χ0) is 14.0. The molecule has 0 unspecified atom stereocenters. The van der Waals surface area contributed by atoms with Gasteiger partial charge >= 0.3 is 0 Å². The molecular weight excluding hydrogens is 241 g/mol. The molecule has 0 saturated carbocycles. The summed E-state index contributed by atoms with van der Waals surface area (Å²) in [6.07, 6.45) is 0. The van der Waals surface area contributed by atoms with Crippen molar-refractivity contribution in [1.82, 2.24) is 15.1 Å². The first-order valence-corrected chi connectivity index (χ1v) is 6.53. The number of aromatic nitrogens is 2. The van der Waals surface area contributed by atoms with E-state index in [0.29, 0.717) is 12.6 Å². The van der Waals surface area contributed by atoms with E-state index in [1.807, 2.05) is 24.6 Å². The van der Waals surface area contributed by atoms with Crippen molar-refractivity contribution < 1.29 is 4.39 Å². The number of halogens is 1. The Bertz CT molecular complexity index is 573. The summed E-state index contributed by atoms with van der Waals surface area (Å²) >= 11 is 0. The largest absolute Gasteiger partial charge is 0.310 e. The summed E-state index contributed by atoms with van der Waals surface area (Å²) in [7, 11) is 0. The van der Waals surface area contributed by atoms with Crippen molar-refractivity contribution in [2.24, 2.45) is 0 Å². The van der Waals surface area contributed by atoms with Crippen LogP contribution in [0.15, 0.2) is 24.3 Å². The molecule has 0 bridgehead atoms. The summed E-state index contributed by atoms with van der Waals surface area (Å²) < 4.78 is 15.3. The van der Waals surface area contributed by atoms with Crippen molar-refractivity contribution in [3.63, 3.8) is 0 Å². The van der Waals surface area contributed by atoms with Crippen molar-refractivity contribution in [1.29, 1.82) is 0 Å². The van der Waals surface area contributed by atoms with Crippen LogP contribution < -0.4 is 5.32 Å². The zero-order valence-electron chi connectivity index (χ0n) is 11.9. The van der Waals surface area contributed by atoms with Gasteiger partial charge in [0.2, 0.25) is 0 Å². The molecule has 2 rings (SSSR count). The van der Waals surface area contributed by atoms with Crippen molar-refractivity contribution in [3.8, 4) is 5.69 Å². The van der Waals surface area contributed by atoms with Crippen LogP contribution in [0.25, 0.3) is 5.69 Å². The van der Waals surface area contributed by atoms with Crippen LogP contribution in [-0.2, 0) is 6.54 Å². The molecule has 0 spiro atoms. The van der Waals surface area contributed by atoms with E-state index in [1.54, 1.807) is 12.1 Å². The number of benzene rings is 1. The van der Waals surface area contributed by atoms with Gasteiger partial charge in [-0.15, -0.1) is 0 Å². The normalized spacial score (nSPS) is 11.3. The predicted molar refractivity (Wildman–Crippen MR) is 75.0 cm³/mol. The molecule has 102 valence electrons. The Labute approximate surface area is 113 Å². The molecule has 3 nitrogen and oxygen atoms in total. The van der Waals surface area contributed by atoms with Gasteiger partial charge in [0.05, 0.1) is 11.4 Å². The number of nitrogens with one attached hydrogen (secondary N) is 1. The molecule has 4 heteroatoms. The summed E-state index contributed by atoms with van der Waals surface area (Å²) in [5.41, 5.74) is 3.86. The van der Waals surface area contributed by atoms with Crippen molar-refractivity contribution in [2.75, 3.05) is 0 Å². The van der Waals surface area contributed by atoms with Crippen molar-refractivity contribution in [3.05, 3.63) is 47.0 Å². The second kappa shape index (κ2) is 5.53. The SMILES string of the molecule is Cc1cc(C)n(-c2ccc(F)cc2CNC(C)C)n1. The van der Waals surface area contributed by atoms with Crippen LogP contribution in [0.1, 0.15) is 30.8 Å². The van der Waals surface area contributed by atoms with Crippen LogP contribution >= 0.6 is 0 Å². The van der Waals surface area contributed by atoms with Gasteiger partial charge in [-0.3, -0.25) is 0 Å². The molecule has 1 aromatic carbocycles. The fraction of sp³-hybridized carbons (Fsp3) is 0.400. The first-order chi connectivity index (χ1) is 8.97. The standard InChI is InChI=1S/C15H20FN3/c1-10(2)17-9-13-8-14(16)5-6-15(13)19-12(4)7-11(3)18-19/h5-8,10,17H,9H2,1-4H3. The molecule has 2 aromatic rings. The third-order valence-electron chi connectivity index (χ3n) is 2.98. The minimum Gasteiger partial charge on any atom is -0.310 e. The first-order valence-electron chi connectivity index (χ1n) is 6.53. The minimum atomic E-state index is -0.217. The molecular formula is C15H20FN3. The van der Waals surface area contributed by atoms with Gasteiger partial charge in [0.25, 0.3) is 0 Å². The fourth-order valence-corrected chi connectivity index (χ4v) is 2.09. The van der Waals surface area contributed by atoms with Crippen LogP contribution in [0.3, 0.4) is 0 Å². The molecule has 0 aliphatic carbocycles. The Morgan fingerprint density at radius 1 is 1.26 bits per heavy atom. The quantitative estimate of drug-likeness (QED) is 0.916. The van der Waals surface area contributed by atoms with Gasteiger partial charge in [-0.05, 0) is 43.7 Å². The van der Waals surface area contributed by atoms with Crippen molar-refractivity contribution >= 4 is 0 Å². The molecule has 0 radical (unpaired) electrons. The maximum Gasteiger partial charge on any atom is 0.123 e. The van der Waals surface area contributed by atoms with E-state index >= 15 is 0 Å². The molecule has 0 aliphatic rings. The summed E-state index contributed by atoms with van der Waals surface area (Å²) in [5, 5.41) is 7.78. The minimum absolute atomic E-state index is 0.217. The average molecular weight is 261 g/mol. The highest BCUT2D eigenvalue weighted by Crippen LogP contribution is 2.18. The molecule has 0 amide bonds. The summed E-state index contributed by atoms with van der Waals surface area (Å²) in [4.78, 5) is 0. The monoisotopic (exact) mass is 261 g/mol.